The number of rotatable bonds is 5. The van der Waals surface area contributed by atoms with E-state index < -0.39 is 0 Å². The molecule has 1 aromatic heterocycles. The van der Waals surface area contributed by atoms with E-state index in [-0.39, 0.29) is 0 Å². The maximum atomic E-state index is 4.53. The minimum Gasteiger partial charge on any atom is -0.366 e. The second kappa shape index (κ2) is 7.08. The Kier molecular flexibility index (Phi) is 5.43. The first-order chi connectivity index (χ1) is 9.22. The van der Waals surface area contributed by atoms with Crippen LogP contribution < -0.4 is 10.6 Å². The summed E-state index contributed by atoms with van der Waals surface area (Å²) < 4.78 is 0.938. The van der Waals surface area contributed by atoms with Gasteiger partial charge in [0.25, 0.3) is 0 Å². The van der Waals surface area contributed by atoms with Crippen molar-refractivity contribution in [1.82, 2.24) is 9.97 Å². The van der Waals surface area contributed by atoms with Crippen LogP contribution in [0.15, 0.2) is 10.7 Å². The second-order valence-electron chi connectivity index (χ2n) is 5.20. The quantitative estimate of drug-likeness (QED) is 0.856. The number of halogens is 1. The molecule has 19 heavy (non-hydrogen) atoms. The highest BCUT2D eigenvalue weighted by Gasteiger charge is 2.21. The van der Waals surface area contributed by atoms with Gasteiger partial charge in [-0.1, -0.05) is 26.2 Å². The molecule has 2 unspecified atom stereocenters. The van der Waals surface area contributed by atoms with Crippen molar-refractivity contribution in [2.24, 2.45) is 5.92 Å². The zero-order valence-electron chi connectivity index (χ0n) is 11.7. The maximum Gasteiger partial charge on any atom is 0.224 e. The molecule has 0 saturated heterocycles. The fourth-order valence-corrected chi connectivity index (χ4v) is 3.00. The number of aromatic nitrogens is 2. The summed E-state index contributed by atoms with van der Waals surface area (Å²) in [7, 11) is 0. The van der Waals surface area contributed by atoms with Crippen molar-refractivity contribution in [2.45, 2.75) is 52.0 Å². The van der Waals surface area contributed by atoms with Crippen LogP contribution in [0.2, 0.25) is 0 Å². The summed E-state index contributed by atoms with van der Waals surface area (Å²) in [5.74, 6) is 2.46. The smallest absolute Gasteiger partial charge is 0.224 e. The van der Waals surface area contributed by atoms with Crippen molar-refractivity contribution < 1.29 is 0 Å². The first-order valence-electron chi connectivity index (χ1n) is 7.25. The standard InChI is InChI=1S/C14H23BrN4/c1-3-10-6-5-7-11(8-10)18-13-12(15)9-17-14(19-13)16-4-2/h9-11H,3-8H2,1-2H3,(H2,16,17,18,19). The Balaban J connectivity index is 2.03. The van der Waals surface area contributed by atoms with Crippen molar-refractivity contribution in [3.8, 4) is 0 Å². The molecule has 0 radical (unpaired) electrons. The van der Waals surface area contributed by atoms with Gasteiger partial charge in [0, 0.05) is 18.8 Å². The van der Waals surface area contributed by atoms with E-state index in [2.05, 4.69) is 43.5 Å². The Labute approximate surface area is 123 Å². The van der Waals surface area contributed by atoms with Crippen LogP contribution in [-0.2, 0) is 0 Å². The molecule has 1 aromatic rings. The van der Waals surface area contributed by atoms with Crippen LogP contribution in [0.3, 0.4) is 0 Å². The Hall–Kier alpha value is -0.840. The zero-order chi connectivity index (χ0) is 13.7. The van der Waals surface area contributed by atoms with Gasteiger partial charge in [0.2, 0.25) is 5.95 Å². The molecule has 0 spiro atoms. The van der Waals surface area contributed by atoms with E-state index in [1.807, 2.05) is 13.1 Å². The highest BCUT2D eigenvalue weighted by atomic mass is 79.9. The fraction of sp³-hybridized carbons (Fsp3) is 0.714. The average Bonchev–Trinajstić information content (AvgIpc) is 2.43. The largest absolute Gasteiger partial charge is 0.366 e. The SMILES string of the molecule is CCNc1ncc(Br)c(NC2CCCC(CC)C2)n1. The molecule has 1 heterocycles. The molecule has 1 aliphatic carbocycles. The first kappa shape index (κ1) is 14.6. The molecule has 5 heteroatoms. The van der Waals surface area contributed by atoms with Gasteiger partial charge in [0.15, 0.2) is 0 Å². The lowest BCUT2D eigenvalue weighted by Crippen LogP contribution is -2.27. The van der Waals surface area contributed by atoms with Gasteiger partial charge in [-0.3, -0.25) is 0 Å². The number of hydrogen-bond donors (Lipinski definition) is 2. The summed E-state index contributed by atoms with van der Waals surface area (Å²) in [6.45, 7) is 5.17. The monoisotopic (exact) mass is 326 g/mol. The van der Waals surface area contributed by atoms with Crippen molar-refractivity contribution in [3.63, 3.8) is 0 Å². The molecule has 0 aliphatic heterocycles. The molecule has 1 aliphatic rings. The Morgan fingerprint density at radius 2 is 2.21 bits per heavy atom. The molecule has 106 valence electrons. The summed E-state index contributed by atoms with van der Waals surface area (Å²) in [6.07, 6.45) is 8.29. The van der Waals surface area contributed by atoms with Crippen LogP contribution in [0.25, 0.3) is 0 Å². The van der Waals surface area contributed by atoms with E-state index in [1.54, 1.807) is 0 Å². The van der Waals surface area contributed by atoms with E-state index in [4.69, 9.17) is 0 Å². The molecule has 2 N–H and O–H groups in total. The van der Waals surface area contributed by atoms with Crippen molar-refractivity contribution >= 4 is 27.7 Å². The minimum atomic E-state index is 0.541. The van der Waals surface area contributed by atoms with Crippen LogP contribution in [0.5, 0.6) is 0 Å². The van der Waals surface area contributed by atoms with E-state index in [1.165, 1.54) is 32.1 Å². The van der Waals surface area contributed by atoms with E-state index >= 15 is 0 Å². The van der Waals surface area contributed by atoms with Crippen molar-refractivity contribution in [2.75, 3.05) is 17.2 Å². The molecular formula is C14H23BrN4. The van der Waals surface area contributed by atoms with Gasteiger partial charge in [-0.05, 0) is 41.6 Å². The Morgan fingerprint density at radius 1 is 1.37 bits per heavy atom. The molecule has 0 aromatic carbocycles. The summed E-state index contributed by atoms with van der Waals surface area (Å²) >= 11 is 3.53. The first-order valence-corrected chi connectivity index (χ1v) is 8.05. The summed E-state index contributed by atoms with van der Waals surface area (Å²) in [5, 5.41) is 6.72. The molecule has 1 saturated carbocycles. The highest BCUT2D eigenvalue weighted by molar-refractivity contribution is 9.10. The van der Waals surface area contributed by atoms with Crippen molar-refractivity contribution in [1.29, 1.82) is 0 Å². The van der Waals surface area contributed by atoms with Gasteiger partial charge >= 0.3 is 0 Å². The number of hydrogen-bond acceptors (Lipinski definition) is 4. The molecule has 0 amide bonds. The minimum absolute atomic E-state index is 0.541. The van der Waals surface area contributed by atoms with Crippen LogP contribution in [0.1, 0.15) is 46.0 Å². The van der Waals surface area contributed by atoms with E-state index in [9.17, 15) is 0 Å². The number of nitrogens with one attached hydrogen (secondary N) is 2. The number of anilines is 2. The third-order valence-corrected chi connectivity index (χ3v) is 4.36. The van der Waals surface area contributed by atoms with Crippen LogP contribution in [-0.4, -0.2) is 22.6 Å². The fourth-order valence-electron chi connectivity index (χ4n) is 2.70. The van der Waals surface area contributed by atoms with E-state index in [0.717, 1.165) is 22.8 Å². The average molecular weight is 327 g/mol. The summed E-state index contributed by atoms with van der Waals surface area (Å²) in [6, 6.07) is 0.541. The van der Waals surface area contributed by atoms with Crippen molar-refractivity contribution in [3.05, 3.63) is 10.7 Å². The van der Waals surface area contributed by atoms with Crippen LogP contribution in [0.4, 0.5) is 11.8 Å². The lowest BCUT2D eigenvalue weighted by atomic mass is 9.84. The van der Waals surface area contributed by atoms with Gasteiger partial charge in [-0.25, -0.2) is 4.98 Å². The normalized spacial score (nSPS) is 23.1. The molecule has 2 atom stereocenters. The molecule has 0 bridgehead atoms. The lowest BCUT2D eigenvalue weighted by molar-refractivity contribution is 0.327. The Bertz CT molecular complexity index is 410. The van der Waals surface area contributed by atoms with Gasteiger partial charge in [-0.2, -0.15) is 4.98 Å². The second-order valence-corrected chi connectivity index (χ2v) is 6.06. The van der Waals surface area contributed by atoms with Gasteiger partial charge in [0.1, 0.15) is 5.82 Å². The summed E-state index contributed by atoms with van der Waals surface area (Å²) in [4.78, 5) is 8.77. The zero-order valence-corrected chi connectivity index (χ0v) is 13.3. The van der Waals surface area contributed by atoms with Crippen LogP contribution in [0, 0.1) is 5.92 Å². The lowest BCUT2D eigenvalue weighted by Gasteiger charge is -2.29. The highest BCUT2D eigenvalue weighted by Crippen LogP contribution is 2.30. The predicted molar refractivity (Wildman–Crippen MR) is 83.6 cm³/mol. The predicted octanol–water partition coefficient (Wildman–Crippen LogP) is 4.05. The topological polar surface area (TPSA) is 49.8 Å². The number of nitrogens with zero attached hydrogens (tertiary/aromatic N) is 2. The molecule has 1 fully saturated rings. The summed E-state index contributed by atoms with van der Waals surface area (Å²) in [5.41, 5.74) is 0. The van der Waals surface area contributed by atoms with Gasteiger partial charge < -0.3 is 10.6 Å². The molecule has 2 rings (SSSR count). The molecular weight excluding hydrogens is 304 g/mol. The maximum absolute atomic E-state index is 4.53. The third-order valence-electron chi connectivity index (χ3n) is 3.78. The van der Waals surface area contributed by atoms with E-state index in [0.29, 0.717) is 12.0 Å². The van der Waals surface area contributed by atoms with Gasteiger partial charge in [0.05, 0.1) is 4.47 Å². The van der Waals surface area contributed by atoms with Crippen LogP contribution >= 0.6 is 15.9 Å². The van der Waals surface area contributed by atoms with Gasteiger partial charge in [-0.15, -0.1) is 0 Å². The molecule has 4 nitrogen and oxygen atoms in total. The Morgan fingerprint density at radius 3 is 2.95 bits per heavy atom. The third kappa shape index (κ3) is 4.06.